The SMILES string of the molecule is C=C/C=C(\C=C)NCCN1CCSCC1. The lowest BCUT2D eigenvalue weighted by Crippen LogP contribution is -2.37. The third kappa shape index (κ3) is 5.09. The highest BCUT2D eigenvalue weighted by Gasteiger charge is 2.08. The number of nitrogens with zero attached hydrogens (tertiary/aromatic N) is 1. The maximum absolute atomic E-state index is 3.75. The molecule has 0 bridgehead atoms. The highest BCUT2D eigenvalue weighted by molar-refractivity contribution is 7.99. The second kappa shape index (κ2) is 7.60. The summed E-state index contributed by atoms with van der Waals surface area (Å²) in [7, 11) is 0. The Kier molecular flexibility index (Phi) is 6.28. The molecule has 1 saturated heterocycles. The van der Waals surface area contributed by atoms with Gasteiger partial charge >= 0.3 is 0 Å². The molecule has 0 saturated carbocycles. The zero-order valence-electron chi connectivity index (χ0n) is 9.24. The van der Waals surface area contributed by atoms with Crippen molar-refractivity contribution in [2.24, 2.45) is 0 Å². The summed E-state index contributed by atoms with van der Waals surface area (Å²) in [6.45, 7) is 12.0. The molecule has 0 aromatic rings. The number of hydrogen-bond acceptors (Lipinski definition) is 3. The van der Waals surface area contributed by atoms with Crippen molar-refractivity contribution in [2.45, 2.75) is 0 Å². The first kappa shape index (κ1) is 12.4. The van der Waals surface area contributed by atoms with E-state index in [0.717, 1.165) is 18.8 Å². The minimum Gasteiger partial charge on any atom is -0.384 e. The van der Waals surface area contributed by atoms with Crippen LogP contribution in [0.3, 0.4) is 0 Å². The average Bonchev–Trinajstić information content (AvgIpc) is 2.29. The first-order valence-corrected chi connectivity index (χ1v) is 6.51. The van der Waals surface area contributed by atoms with Crippen molar-refractivity contribution in [3.05, 3.63) is 37.1 Å². The average molecular weight is 224 g/mol. The number of nitrogens with one attached hydrogen (secondary N) is 1. The van der Waals surface area contributed by atoms with Gasteiger partial charge in [-0.25, -0.2) is 0 Å². The normalized spacial score (nSPS) is 18.5. The van der Waals surface area contributed by atoms with Gasteiger partial charge in [-0.3, -0.25) is 4.90 Å². The quantitative estimate of drug-likeness (QED) is 0.694. The summed E-state index contributed by atoms with van der Waals surface area (Å²) >= 11 is 2.05. The monoisotopic (exact) mass is 224 g/mol. The van der Waals surface area contributed by atoms with Crippen LogP contribution in [0.5, 0.6) is 0 Å². The lowest BCUT2D eigenvalue weighted by Gasteiger charge is -2.26. The van der Waals surface area contributed by atoms with Crippen LogP contribution in [0.25, 0.3) is 0 Å². The van der Waals surface area contributed by atoms with Gasteiger partial charge in [0.25, 0.3) is 0 Å². The number of thioether (sulfide) groups is 1. The topological polar surface area (TPSA) is 15.3 Å². The van der Waals surface area contributed by atoms with Gasteiger partial charge in [0, 0.05) is 43.4 Å². The summed E-state index contributed by atoms with van der Waals surface area (Å²) in [5.74, 6) is 2.55. The van der Waals surface area contributed by atoms with E-state index >= 15 is 0 Å². The summed E-state index contributed by atoms with van der Waals surface area (Å²) in [6, 6.07) is 0. The second-order valence-corrected chi connectivity index (χ2v) is 4.67. The van der Waals surface area contributed by atoms with E-state index in [1.54, 1.807) is 6.08 Å². The molecule has 1 N–H and O–H groups in total. The van der Waals surface area contributed by atoms with Gasteiger partial charge in [-0.05, 0) is 12.2 Å². The molecule has 1 rings (SSSR count). The van der Waals surface area contributed by atoms with Gasteiger partial charge in [-0.1, -0.05) is 19.2 Å². The van der Waals surface area contributed by atoms with Gasteiger partial charge in [-0.15, -0.1) is 0 Å². The van der Waals surface area contributed by atoms with Crippen LogP contribution in [-0.4, -0.2) is 42.6 Å². The van der Waals surface area contributed by atoms with E-state index in [9.17, 15) is 0 Å². The molecule has 0 amide bonds. The van der Waals surface area contributed by atoms with Gasteiger partial charge in [0.05, 0.1) is 0 Å². The van der Waals surface area contributed by atoms with E-state index < -0.39 is 0 Å². The van der Waals surface area contributed by atoms with Gasteiger partial charge in [0.1, 0.15) is 0 Å². The highest BCUT2D eigenvalue weighted by atomic mass is 32.2. The lowest BCUT2D eigenvalue weighted by molar-refractivity contribution is 0.305. The number of hydrogen-bond donors (Lipinski definition) is 1. The van der Waals surface area contributed by atoms with E-state index in [0.29, 0.717) is 0 Å². The van der Waals surface area contributed by atoms with E-state index in [1.165, 1.54) is 24.6 Å². The van der Waals surface area contributed by atoms with Crippen molar-refractivity contribution in [3.63, 3.8) is 0 Å². The molecule has 0 spiro atoms. The Morgan fingerprint density at radius 1 is 1.33 bits per heavy atom. The summed E-state index contributed by atoms with van der Waals surface area (Å²) in [5.41, 5.74) is 1.05. The van der Waals surface area contributed by atoms with E-state index in [2.05, 4.69) is 23.4 Å². The van der Waals surface area contributed by atoms with Gasteiger partial charge in [0.15, 0.2) is 0 Å². The minimum absolute atomic E-state index is 0.982. The smallest absolute Gasteiger partial charge is 0.0334 e. The van der Waals surface area contributed by atoms with Gasteiger partial charge < -0.3 is 5.32 Å². The molecule has 0 atom stereocenters. The van der Waals surface area contributed by atoms with Gasteiger partial charge in [-0.2, -0.15) is 11.8 Å². The Labute approximate surface area is 97.1 Å². The molecular formula is C12H20N2S. The molecule has 2 nitrogen and oxygen atoms in total. The zero-order chi connectivity index (χ0) is 10.9. The molecule has 1 fully saturated rings. The number of rotatable bonds is 6. The molecule has 1 heterocycles. The van der Waals surface area contributed by atoms with Crippen LogP contribution >= 0.6 is 11.8 Å². The summed E-state index contributed by atoms with van der Waals surface area (Å²) < 4.78 is 0. The largest absolute Gasteiger partial charge is 0.384 e. The van der Waals surface area contributed by atoms with Crippen molar-refractivity contribution < 1.29 is 0 Å². The summed E-state index contributed by atoms with van der Waals surface area (Å²) in [5, 5.41) is 3.34. The van der Waals surface area contributed by atoms with Crippen LogP contribution < -0.4 is 5.32 Å². The van der Waals surface area contributed by atoms with Crippen LogP contribution in [0.1, 0.15) is 0 Å². The third-order valence-corrected chi connectivity index (χ3v) is 3.32. The van der Waals surface area contributed by atoms with Crippen molar-refractivity contribution in [1.82, 2.24) is 10.2 Å². The maximum Gasteiger partial charge on any atom is 0.0334 e. The van der Waals surface area contributed by atoms with Gasteiger partial charge in [0.2, 0.25) is 0 Å². The Balaban J connectivity index is 2.16. The highest BCUT2D eigenvalue weighted by Crippen LogP contribution is 2.07. The molecule has 3 heteroatoms. The predicted molar refractivity (Wildman–Crippen MR) is 70.2 cm³/mol. The third-order valence-electron chi connectivity index (χ3n) is 2.38. The molecule has 0 unspecified atom stereocenters. The standard InChI is InChI=1S/C12H20N2S/c1-3-5-12(4-2)13-6-7-14-8-10-15-11-9-14/h3-5,13H,1-2,6-11H2/b12-5+. The zero-order valence-corrected chi connectivity index (χ0v) is 10.1. The number of allylic oxidation sites excluding steroid dienone is 3. The molecule has 0 aromatic heterocycles. The molecule has 84 valence electrons. The first-order chi connectivity index (χ1) is 7.36. The molecule has 15 heavy (non-hydrogen) atoms. The van der Waals surface area contributed by atoms with E-state index in [1.807, 2.05) is 23.9 Å². The first-order valence-electron chi connectivity index (χ1n) is 5.36. The predicted octanol–water partition coefficient (Wildman–Crippen LogP) is 1.88. The molecular weight excluding hydrogens is 204 g/mol. The Hall–Kier alpha value is -0.670. The van der Waals surface area contributed by atoms with Crippen LogP contribution in [-0.2, 0) is 0 Å². The lowest BCUT2D eigenvalue weighted by atomic mass is 10.3. The Bertz CT molecular complexity index is 230. The van der Waals surface area contributed by atoms with Crippen LogP contribution in [0.4, 0.5) is 0 Å². The maximum atomic E-state index is 3.75. The van der Waals surface area contributed by atoms with Crippen LogP contribution in [0.15, 0.2) is 37.1 Å². The van der Waals surface area contributed by atoms with Crippen molar-refractivity contribution in [3.8, 4) is 0 Å². The molecule has 1 aliphatic heterocycles. The van der Waals surface area contributed by atoms with E-state index in [4.69, 9.17) is 0 Å². The fourth-order valence-corrected chi connectivity index (χ4v) is 2.49. The summed E-state index contributed by atoms with van der Waals surface area (Å²) in [4.78, 5) is 2.50. The minimum atomic E-state index is 0.982. The molecule has 1 aliphatic rings. The van der Waals surface area contributed by atoms with Crippen molar-refractivity contribution >= 4 is 11.8 Å². The fraction of sp³-hybridized carbons (Fsp3) is 0.500. The Morgan fingerprint density at radius 3 is 2.67 bits per heavy atom. The molecule has 0 radical (unpaired) electrons. The van der Waals surface area contributed by atoms with Crippen LogP contribution in [0.2, 0.25) is 0 Å². The molecule has 0 aromatic carbocycles. The van der Waals surface area contributed by atoms with Crippen LogP contribution in [0, 0.1) is 0 Å². The second-order valence-electron chi connectivity index (χ2n) is 3.44. The molecule has 0 aliphatic carbocycles. The van der Waals surface area contributed by atoms with E-state index in [-0.39, 0.29) is 0 Å². The van der Waals surface area contributed by atoms with Crippen molar-refractivity contribution in [1.29, 1.82) is 0 Å². The van der Waals surface area contributed by atoms with Crippen molar-refractivity contribution in [2.75, 3.05) is 37.7 Å². The Morgan fingerprint density at radius 2 is 2.07 bits per heavy atom. The fourth-order valence-electron chi connectivity index (χ4n) is 1.51. The summed E-state index contributed by atoms with van der Waals surface area (Å²) in [6.07, 6.45) is 5.55.